The van der Waals surface area contributed by atoms with Gasteiger partial charge in [-0.3, -0.25) is 9.59 Å². The summed E-state index contributed by atoms with van der Waals surface area (Å²) in [7, 11) is 0. The van der Waals surface area contributed by atoms with Gasteiger partial charge in [-0.25, -0.2) is 4.79 Å². The number of hydrogen-bond donors (Lipinski definition) is 8. The molecular formula is C42H64O15. The lowest BCUT2D eigenvalue weighted by molar-refractivity contribution is -0.374. The van der Waals surface area contributed by atoms with E-state index in [9.17, 15) is 55.2 Å². The second-order valence-electron chi connectivity index (χ2n) is 20.6. The molecule has 0 unspecified atom stereocenters. The van der Waals surface area contributed by atoms with Crippen LogP contribution in [0.4, 0.5) is 0 Å². The van der Waals surface area contributed by atoms with E-state index >= 15 is 0 Å². The minimum absolute atomic E-state index is 0.00364. The van der Waals surface area contributed by atoms with E-state index in [1.165, 1.54) is 0 Å². The van der Waals surface area contributed by atoms with E-state index in [4.69, 9.17) is 18.9 Å². The third-order valence-electron chi connectivity index (χ3n) is 17.3. The highest BCUT2D eigenvalue weighted by molar-refractivity contribution is 5.95. The number of rotatable bonds is 7. The summed E-state index contributed by atoms with van der Waals surface area (Å²) in [4.78, 5) is 39.5. The highest BCUT2D eigenvalue weighted by Crippen LogP contribution is 2.75. The molecule has 5 aliphatic carbocycles. The summed E-state index contributed by atoms with van der Waals surface area (Å²) >= 11 is 0. The van der Waals surface area contributed by atoms with Crippen LogP contribution in [0.25, 0.3) is 0 Å². The molecule has 2 saturated heterocycles. The summed E-state index contributed by atoms with van der Waals surface area (Å²) in [5, 5.41) is 83.3. The first-order chi connectivity index (χ1) is 26.4. The van der Waals surface area contributed by atoms with Gasteiger partial charge in [0.05, 0.1) is 18.1 Å². The van der Waals surface area contributed by atoms with E-state index in [2.05, 4.69) is 41.5 Å². The lowest BCUT2D eigenvalue weighted by atomic mass is 9.33. The Morgan fingerprint density at radius 2 is 1.44 bits per heavy atom. The van der Waals surface area contributed by atoms with Gasteiger partial charge in [0.2, 0.25) is 0 Å². The van der Waals surface area contributed by atoms with Crippen molar-refractivity contribution in [2.45, 2.75) is 174 Å². The molecule has 7 rings (SSSR count). The quantitative estimate of drug-likeness (QED) is 0.172. The van der Waals surface area contributed by atoms with Crippen LogP contribution in [0.15, 0.2) is 11.6 Å². The summed E-state index contributed by atoms with van der Waals surface area (Å²) in [6.07, 6.45) is -9.82. The van der Waals surface area contributed by atoms with Gasteiger partial charge in [-0.1, -0.05) is 47.1 Å². The van der Waals surface area contributed by atoms with Crippen LogP contribution in [-0.2, 0) is 33.3 Å². The molecule has 15 heteroatoms. The molecule has 57 heavy (non-hydrogen) atoms. The SMILES string of the molecule is CC1(C)[C@@H](O[C@H]2O[C@H](C(=O)O)[C@@H](O)[C@H](O)[C@H]2O[C@@H]2O[C@H](CO)[C@@H](O)[C@H](O)[C@H]2O)CC[C@]2(C)[C@H]3C(=O)C=C4[C@@H]5C[C@@](C)(C(=O)O)CC[C@]5(C)CC[C@@]4(C)[C@]3(C)CC[C@@H]12. The van der Waals surface area contributed by atoms with Gasteiger partial charge in [0.15, 0.2) is 24.5 Å². The first-order valence-corrected chi connectivity index (χ1v) is 20.8. The van der Waals surface area contributed by atoms with Gasteiger partial charge in [-0.2, -0.15) is 0 Å². The van der Waals surface area contributed by atoms with Gasteiger partial charge in [-0.05, 0) is 110 Å². The van der Waals surface area contributed by atoms with Crippen LogP contribution < -0.4 is 0 Å². The number of carbonyl (C=O) groups is 3. The molecule has 322 valence electrons. The molecule has 0 spiro atoms. The summed E-state index contributed by atoms with van der Waals surface area (Å²) in [5.74, 6) is -2.63. The number of fused-ring (bicyclic) bond motifs is 7. The summed E-state index contributed by atoms with van der Waals surface area (Å²) in [6.45, 7) is 14.3. The Labute approximate surface area is 333 Å². The second kappa shape index (κ2) is 14.3. The summed E-state index contributed by atoms with van der Waals surface area (Å²) < 4.78 is 23.8. The van der Waals surface area contributed by atoms with Gasteiger partial charge >= 0.3 is 11.9 Å². The molecule has 0 bridgehead atoms. The Morgan fingerprint density at radius 3 is 2.07 bits per heavy atom. The highest BCUT2D eigenvalue weighted by atomic mass is 16.8. The predicted octanol–water partition coefficient (Wildman–Crippen LogP) is 2.15. The van der Waals surface area contributed by atoms with Gasteiger partial charge in [0.25, 0.3) is 0 Å². The van der Waals surface area contributed by atoms with Crippen molar-refractivity contribution in [2.24, 2.45) is 50.2 Å². The van der Waals surface area contributed by atoms with Crippen LogP contribution >= 0.6 is 0 Å². The maximum Gasteiger partial charge on any atom is 0.335 e. The van der Waals surface area contributed by atoms with Crippen molar-refractivity contribution < 1.29 is 74.2 Å². The number of carboxylic acid groups (broad SMARTS) is 2. The van der Waals surface area contributed by atoms with Crippen LogP contribution in [0, 0.1) is 50.2 Å². The van der Waals surface area contributed by atoms with Gasteiger partial charge in [-0.15, -0.1) is 0 Å². The van der Waals surface area contributed by atoms with E-state index in [0.29, 0.717) is 25.7 Å². The number of aliphatic hydroxyl groups excluding tert-OH is 6. The molecule has 8 N–H and O–H groups in total. The Balaban J connectivity index is 1.17. The van der Waals surface area contributed by atoms with Crippen LogP contribution in [0.3, 0.4) is 0 Å². The molecule has 2 aliphatic heterocycles. The fourth-order valence-electron chi connectivity index (χ4n) is 13.4. The largest absolute Gasteiger partial charge is 0.481 e. The predicted molar refractivity (Wildman–Crippen MR) is 199 cm³/mol. The summed E-state index contributed by atoms with van der Waals surface area (Å²) in [6, 6.07) is 0. The van der Waals surface area contributed by atoms with E-state index in [1.54, 1.807) is 0 Å². The Kier molecular flexibility index (Phi) is 10.8. The van der Waals surface area contributed by atoms with Gasteiger partial charge in [0.1, 0.15) is 42.7 Å². The number of allylic oxidation sites excluding steroid dienone is 2. The molecule has 4 saturated carbocycles. The van der Waals surface area contributed by atoms with Crippen LogP contribution in [0.5, 0.6) is 0 Å². The third kappa shape index (κ3) is 6.31. The van der Waals surface area contributed by atoms with E-state index in [-0.39, 0.29) is 34.4 Å². The molecule has 7 aliphatic rings. The molecule has 0 amide bonds. The van der Waals surface area contributed by atoms with E-state index < -0.39 is 108 Å². The molecule has 0 radical (unpaired) electrons. The zero-order chi connectivity index (χ0) is 42.0. The number of carbonyl (C=O) groups excluding carboxylic acids is 1. The van der Waals surface area contributed by atoms with Crippen molar-refractivity contribution >= 4 is 17.7 Å². The number of aliphatic carboxylic acids is 2. The monoisotopic (exact) mass is 808 g/mol. The lowest BCUT2D eigenvalue weighted by Gasteiger charge is -2.70. The van der Waals surface area contributed by atoms with Gasteiger partial charge < -0.3 is 59.8 Å². The number of ketones is 1. The maximum absolute atomic E-state index is 14.8. The molecule has 0 aromatic rings. The van der Waals surface area contributed by atoms with E-state index in [1.807, 2.05) is 13.0 Å². The second-order valence-corrected chi connectivity index (χ2v) is 20.6. The van der Waals surface area contributed by atoms with Crippen molar-refractivity contribution in [3.05, 3.63) is 11.6 Å². The average molecular weight is 809 g/mol. The Hall–Kier alpha value is -2.05. The molecule has 0 aromatic carbocycles. The fraction of sp³-hybridized carbons (Fsp3) is 0.881. The number of ether oxygens (including phenoxy) is 4. The average Bonchev–Trinajstić information content (AvgIpc) is 3.13. The standard InChI is InChI=1S/C42H64O15/c1-37(2)23-8-11-42(7)32(21(44)16-19-20-17-39(4,36(52)53)13-12-38(20,3)14-15-41(19,42)6)40(23,5)10-9-24(37)55-35-31(28(48)27(47)30(56-35)33(50)51)57-34-29(49)26(46)25(45)22(18-43)54-34/h16,20,22-32,34-35,43,45-49H,8-15,17-18H2,1-7H3,(H,50,51)(H,52,53)/t20-,22+,23-,24-,25+,26-,27-,28-,29+,30-,31+,32+,34-,35-,38+,39-,40-,41+,42+/m0/s1. The van der Waals surface area contributed by atoms with Crippen molar-refractivity contribution in [3.63, 3.8) is 0 Å². The number of carboxylic acids is 2. The number of hydrogen-bond acceptors (Lipinski definition) is 13. The molecule has 0 aromatic heterocycles. The Morgan fingerprint density at radius 1 is 0.772 bits per heavy atom. The first-order valence-electron chi connectivity index (χ1n) is 20.8. The normalized spacial score (nSPS) is 53.4. The first kappa shape index (κ1) is 43.1. The topological polar surface area (TPSA) is 250 Å². The van der Waals surface area contributed by atoms with Crippen molar-refractivity contribution in [1.82, 2.24) is 0 Å². The minimum atomic E-state index is -1.98. The Bertz CT molecular complexity index is 1650. The molecule has 6 fully saturated rings. The van der Waals surface area contributed by atoms with Gasteiger partial charge in [0, 0.05) is 5.92 Å². The third-order valence-corrected chi connectivity index (χ3v) is 17.3. The molecule has 2 heterocycles. The van der Waals surface area contributed by atoms with Crippen LogP contribution in [0.2, 0.25) is 0 Å². The van der Waals surface area contributed by atoms with Crippen LogP contribution in [0.1, 0.15) is 106 Å². The lowest BCUT2D eigenvalue weighted by Crippen LogP contribution is -2.68. The number of aliphatic hydroxyl groups is 6. The van der Waals surface area contributed by atoms with E-state index in [0.717, 1.165) is 37.7 Å². The zero-order valence-electron chi connectivity index (χ0n) is 34.2. The zero-order valence-corrected chi connectivity index (χ0v) is 34.2. The van der Waals surface area contributed by atoms with Crippen molar-refractivity contribution in [2.75, 3.05) is 6.61 Å². The van der Waals surface area contributed by atoms with Crippen molar-refractivity contribution in [3.8, 4) is 0 Å². The van der Waals surface area contributed by atoms with Crippen molar-refractivity contribution in [1.29, 1.82) is 0 Å². The molecule has 19 atom stereocenters. The fourth-order valence-corrected chi connectivity index (χ4v) is 13.4. The molecule has 15 nitrogen and oxygen atoms in total. The summed E-state index contributed by atoms with van der Waals surface area (Å²) in [5.41, 5.74) is -1.63. The molecular weight excluding hydrogens is 744 g/mol. The maximum atomic E-state index is 14.8. The van der Waals surface area contributed by atoms with Crippen LogP contribution in [-0.4, -0.2) is 133 Å². The smallest absolute Gasteiger partial charge is 0.335 e. The highest BCUT2D eigenvalue weighted by Gasteiger charge is 2.71. The minimum Gasteiger partial charge on any atom is -0.481 e.